The van der Waals surface area contributed by atoms with Gasteiger partial charge in [0.1, 0.15) is 17.7 Å². The second kappa shape index (κ2) is 8.35. The molecule has 2 aromatic heterocycles. The third-order valence-electron chi connectivity index (χ3n) is 6.62. The maximum absolute atomic E-state index is 14.6. The molecule has 0 aliphatic carbocycles. The third-order valence-corrected chi connectivity index (χ3v) is 6.62. The van der Waals surface area contributed by atoms with E-state index in [9.17, 15) is 18.8 Å². The first-order valence-electron chi connectivity index (χ1n) is 11.4. The third kappa shape index (κ3) is 3.77. The van der Waals surface area contributed by atoms with Gasteiger partial charge in [-0.25, -0.2) is 9.18 Å². The fraction of sp³-hybridized carbons (Fsp3) is 0.333. The van der Waals surface area contributed by atoms with Crippen molar-refractivity contribution in [3.8, 4) is 5.75 Å². The summed E-state index contributed by atoms with van der Waals surface area (Å²) >= 11 is 0. The molecule has 5 heterocycles. The number of nitrogens with zero attached hydrogens (tertiary/aromatic N) is 3. The van der Waals surface area contributed by atoms with Crippen molar-refractivity contribution in [2.45, 2.75) is 25.0 Å². The van der Waals surface area contributed by atoms with Crippen LogP contribution in [0.3, 0.4) is 0 Å². The van der Waals surface area contributed by atoms with Gasteiger partial charge < -0.3 is 24.7 Å². The number of rotatable bonds is 6. The number of fused-ring (bicyclic) bond motifs is 1. The molecule has 6 rings (SSSR count). The van der Waals surface area contributed by atoms with E-state index in [1.165, 1.54) is 17.2 Å². The van der Waals surface area contributed by atoms with E-state index < -0.39 is 11.9 Å². The summed E-state index contributed by atoms with van der Waals surface area (Å²) in [5, 5.41) is 6.05. The predicted octanol–water partition coefficient (Wildman–Crippen LogP) is 1.97. The quantitative estimate of drug-likeness (QED) is 0.520. The number of halogens is 1. The van der Waals surface area contributed by atoms with Crippen LogP contribution in [0.5, 0.6) is 5.75 Å². The van der Waals surface area contributed by atoms with Gasteiger partial charge in [0.25, 0.3) is 11.5 Å². The van der Waals surface area contributed by atoms with Crippen LogP contribution in [0.1, 0.15) is 17.9 Å². The highest BCUT2D eigenvalue weighted by Gasteiger charge is 2.33. The SMILES string of the molecule is O=C1COc2ccc(N3C[C@H](CCNC[C@@H]4Cn5c(=O)ccc6ncc(F)c4c65)OC3=O)cc2N1. The van der Waals surface area contributed by atoms with Crippen molar-refractivity contribution < 1.29 is 23.5 Å². The molecule has 3 aliphatic heterocycles. The number of carbonyl (C=O) groups excluding carboxylic acids is 2. The van der Waals surface area contributed by atoms with Crippen LogP contribution >= 0.6 is 0 Å². The first kappa shape index (κ1) is 21.5. The van der Waals surface area contributed by atoms with E-state index in [-0.39, 0.29) is 30.1 Å². The Balaban J connectivity index is 1.06. The van der Waals surface area contributed by atoms with E-state index in [1.54, 1.807) is 28.8 Å². The molecular weight excluding hydrogens is 457 g/mol. The van der Waals surface area contributed by atoms with Crippen LogP contribution in [0.15, 0.2) is 41.3 Å². The van der Waals surface area contributed by atoms with E-state index >= 15 is 0 Å². The van der Waals surface area contributed by atoms with E-state index in [2.05, 4.69) is 15.6 Å². The van der Waals surface area contributed by atoms with Crippen LogP contribution in [0.2, 0.25) is 0 Å². The van der Waals surface area contributed by atoms with Crippen molar-refractivity contribution in [3.63, 3.8) is 0 Å². The minimum Gasteiger partial charge on any atom is -0.482 e. The number of hydrogen-bond acceptors (Lipinski definition) is 7. The van der Waals surface area contributed by atoms with Gasteiger partial charge in [0.05, 0.1) is 29.5 Å². The molecule has 0 spiro atoms. The van der Waals surface area contributed by atoms with Gasteiger partial charge in [-0.3, -0.25) is 19.5 Å². The largest absolute Gasteiger partial charge is 0.482 e. The molecule has 2 N–H and O–H groups in total. The Labute approximate surface area is 198 Å². The Bertz CT molecular complexity index is 1420. The van der Waals surface area contributed by atoms with Gasteiger partial charge >= 0.3 is 6.09 Å². The monoisotopic (exact) mass is 479 g/mol. The molecule has 11 heteroatoms. The highest BCUT2D eigenvalue weighted by molar-refractivity contribution is 5.97. The minimum absolute atomic E-state index is 0.0322. The van der Waals surface area contributed by atoms with Crippen LogP contribution in [-0.2, 0) is 16.1 Å². The summed E-state index contributed by atoms with van der Waals surface area (Å²) in [5.41, 5.74) is 2.65. The average Bonchev–Trinajstić information content (AvgIpc) is 3.42. The van der Waals surface area contributed by atoms with Crippen LogP contribution in [0, 0.1) is 5.82 Å². The van der Waals surface area contributed by atoms with Gasteiger partial charge in [0.2, 0.25) is 0 Å². The first-order chi connectivity index (χ1) is 17.0. The van der Waals surface area contributed by atoms with E-state index in [0.717, 1.165) is 0 Å². The van der Waals surface area contributed by atoms with Crippen molar-refractivity contribution in [3.05, 3.63) is 58.3 Å². The molecule has 2 atom stereocenters. The molecular formula is C24H22FN5O5. The summed E-state index contributed by atoms with van der Waals surface area (Å²) in [6, 6.07) is 8.24. The molecule has 35 heavy (non-hydrogen) atoms. The second-order valence-corrected chi connectivity index (χ2v) is 8.86. The van der Waals surface area contributed by atoms with Gasteiger partial charge in [-0.1, -0.05) is 0 Å². The van der Waals surface area contributed by atoms with Gasteiger partial charge in [0.15, 0.2) is 6.61 Å². The smallest absolute Gasteiger partial charge is 0.414 e. The molecule has 3 aliphatic rings. The molecule has 0 bridgehead atoms. The number of aromatic nitrogens is 2. The van der Waals surface area contributed by atoms with Crippen LogP contribution < -0.4 is 25.8 Å². The molecule has 1 fully saturated rings. The number of ether oxygens (including phenoxy) is 2. The van der Waals surface area contributed by atoms with Gasteiger partial charge in [-0.05, 0) is 37.2 Å². The van der Waals surface area contributed by atoms with Crippen LogP contribution in [0.25, 0.3) is 11.0 Å². The number of benzene rings is 1. The summed E-state index contributed by atoms with van der Waals surface area (Å²) in [7, 11) is 0. The van der Waals surface area contributed by atoms with E-state index in [1.807, 2.05) is 0 Å². The molecule has 180 valence electrons. The fourth-order valence-corrected chi connectivity index (χ4v) is 4.97. The highest BCUT2D eigenvalue weighted by atomic mass is 19.1. The number of amides is 2. The number of pyridine rings is 2. The Hall–Kier alpha value is -3.99. The molecule has 1 aromatic carbocycles. The molecule has 3 aromatic rings. The summed E-state index contributed by atoms with van der Waals surface area (Å²) in [5.74, 6) is -0.287. The number of anilines is 2. The highest BCUT2D eigenvalue weighted by Crippen LogP contribution is 2.34. The second-order valence-electron chi connectivity index (χ2n) is 8.86. The summed E-state index contributed by atoms with van der Waals surface area (Å²) in [6.07, 6.45) is 1.01. The Morgan fingerprint density at radius 1 is 1.17 bits per heavy atom. The molecule has 1 saturated heterocycles. The van der Waals surface area contributed by atoms with Crippen molar-refractivity contribution in [1.82, 2.24) is 14.9 Å². The topological polar surface area (TPSA) is 115 Å². The maximum Gasteiger partial charge on any atom is 0.414 e. The lowest BCUT2D eigenvalue weighted by atomic mass is 10.0. The van der Waals surface area contributed by atoms with Crippen molar-refractivity contribution >= 4 is 34.4 Å². The molecule has 2 amide bonds. The Morgan fingerprint density at radius 2 is 2.06 bits per heavy atom. The lowest BCUT2D eigenvalue weighted by Gasteiger charge is -2.20. The zero-order valence-electron chi connectivity index (χ0n) is 18.6. The normalized spacial score (nSPS) is 20.5. The first-order valence-corrected chi connectivity index (χ1v) is 11.4. The number of cyclic esters (lactones) is 1. The summed E-state index contributed by atoms with van der Waals surface area (Å²) < 4.78 is 27.0. The van der Waals surface area contributed by atoms with Crippen molar-refractivity contribution in [2.24, 2.45) is 0 Å². The maximum atomic E-state index is 14.6. The lowest BCUT2D eigenvalue weighted by Crippen LogP contribution is -2.29. The number of nitrogens with one attached hydrogen (secondary N) is 2. The zero-order chi connectivity index (χ0) is 24.1. The van der Waals surface area contributed by atoms with E-state index in [4.69, 9.17) is 9.47 Å². The molecule has 0 unspecified atom stereocenters. The summed E-state index contributed by atoms with van der Waals surface area (Å²) in [6.45, 7) is 1.77. The summed E-state index contributed by atoms with van der Waals surface area (Å²) in [4.78, 5) is 41.9. The minimum atomic E-state index is -0.454. The van der Waals surface area contributed by atoms with Crippen molar-refractivity contribution in [1.29, 1.82) is 0 Å². The predicted molar refractivity (Wildman–Crippen MR) is 124 cm³/mol. The van der Waals surface area contributed by atoms with Crippen LogP contribution in [0.4, 0.5) is 20.6 Å². The molecule has 0 saturated carbocycles. The van der Waals surface area contributed by atoms with E-state index in [0.29, 0.717) is 66.3 Å². The Morgan fingerprint density at radius 3 is 2.94 bits per heavy atom. The number of hydrogen-bond donors (Lipinski definition) is 2. The fourth-order valence-electron chi connectivity index (χ4n) is 4.97. The molecule has 0 radical (unpaired) electrons. The number of carbonyl (C=O) groups is 2. The zero-order valence-corrected chi connectivity index (χ0v) is 18.6. The lowest BCUT2D eigenvalue weighted by molar-refractivity contribution is -0.118. The van der Waals surface area contributed by atoms with Crippen molar-refractivity contribution in [2.75, 3.05) is 36.5 Å². The standard InChI is InChI=1S/C24H22FN5O5/c25-16-9-27-17-2-4-21(32)30-10-13(22(16)23(17)30)8-26-6-5-15-11-29(24(33)35-15)14-1-3-19-18(7-14)28-20(31)12-34-19/h1-4,7,9,13,15,26H,5-6,8,10-12H2,(H,28,31)/t13-,15+/m1/s1. The average molecular weight is 479 g/mol. The Kier molecular flexibility index (Phi) is 5.14. The van der Waals surface area contributed by atoms with Gasteiger partial charge in [0, 0.05) is 36.3 Å². The van der Waals surface area contributed by atoms with Crippen LogP contribution in [-0.4, -0.2) is 53.9 Å². The molecule has 10 nitrogen and oxygen atoms in total. The van der Waals surface area contributed by atoms with Gasteiger partial charge in [-0.2, -0.15) is 0 Å². The van der Waals surface area contributed by atoms with Gasteiger partial charge in [-0.15, -0.1) is 0 Å².